The molecule has 0 unspecified atom stereocenters. The van der Waals surface area contributed by atoms with Crippen LogP contribution in [0.25, 0.3) is 10.9 Å². The Kier molecular flexibility index (Phi) is 9.54. The fourth-order valence-corrected chi connectivity index (χ4v) is 4.65. The lowest BCUT2D eigenvalue weighted by Crippen LogP contribution is -2.41. The molecule has 2 aromatic carbocycles. The summed E-state index contributed by atoms with van der Waals surface area (Å²) in [6.07, 6.45) is 4.60. The number of carbonyl (C=O) groups excluding carboxylic acids is 1. The SMILES string of the molecule is CC(C)OC(=O)[C@H](CO)NCc1cc(Cl)c(Cn2ncc3c(Br)cccc32)cc1OCc1cncc(C#N)c1. The van der Waals surface area contributed by atoms with Crippen LogP contribution in [0.3, 0.4) is 0 Å². The standard InChI is InChI=1S/C28H27BrClN5O4/c1-17(2)39-28(37)25(15-36)33-12-20-7-24(30)21(14-35-26-5-3-4-23(29)22(26)13-34-35)8-27(20)38-16-19-6-18(9-31)10-32-11-19/h3-8,10-11,13,17,25,33,36H,12,14-16H2,1-2H3/t25-/m0/s1. The van der Waals surface area contributed by atoms with Gasteiger partial charge in [-0.2, -0.15) is 10.4 Å². The van der Waals surface area contributed by atoms with E-state index in [4.69, 9.17) is 21.1 Å². The number of halogens is 2. The second-order valence-corrected chi connectivity index (χ2v) is 10.4. The van der Waals surface area contributed by atoms with Gasteiger partial charge in [0.05, 0.1) is 36.5 Å². The monoisotopic (exact) mass is 611 g/mol. The minimum absolute atomic E-state index is 0.160. The zero-order valence-electron chi connectivity index (χ0n) is 21.4. The lowest BCUT2D eigenvalue weighted by atomic mass is 10.1. The van der Waals surface area contributed by atoms with E-state index in [2.05, 4.69) is 37.4 Å². The van der Waals surface area contributed by atoms with Gasteiger partial charge in [-0.25, -0.2) is 0 Å². The smallest absolute Gasteiger partial charge is 0.325 e. The summed E-state index contributed by atoms with van der Waals surface area (Å²) in [5, 5.41) is 28.0. The lowest BCUT2D eigenvalue weighted by Gasteiger charge is -2.19. The van der Waals surface area contributed by atoms with Crippen LogP contribution in [-0.4, -0.2) is 44.6 Å². The molecule has 0 radical (unpaired) electrons. The van der Waals surface area contributed by atoms with Gasteiger partial charge in [-0.1, -0.05) is 33.6 Å². The van der Waals surface area contributed by atoms with Crippen molar-refractivity contribution in [2.75, 3.05) is 6.61 Å². The number of aromatic nitrogens is 3. The zero-order chi connectivity index (χ0) is 27.9. The molecule has 4 aromatic rings. The minimum Gasteiger partial charge on any atom is -0.489 e. The van der Waals surface area contributed by atoms with E-state index in [9.17, 15) is 15.2 Å². The average molecular weight is 613 g/mol. The summed E-state index contributed by atoms with van der Waals surface area (Å²) >= 11 is 10.3. The number of hydrogen-bond donors (Lipinski definition) is 2. The number of carbonyl (C=O) groups is 1. The molecule has 1 atom stereocenters. The van der Waals surface area contributed by atoms with Crippen molar-refractivity contribution in [3.8, 4) is 11.8 Å². The van der Waals surface area contributed by atoms with Gasteiger partial charge in [0.1, 0.15) is 24.5 Å². The molecule has 0 fully saturated rings. The van der Waals surface area contributed by atoms with Gasteiger partial charge in [-0.05, 0) is 49.7 Å². The highest BCUT2D eigenvalue weighted by Crippen LogP contribution is 2.30. The Morgan fingerprint density at radius 2 is 2.05 bits per heavy atom. The second-order valence-electron chi connectivity index (χ2n) is 9.11. The van der Waals surface area contributed by atoms with Crippen LogP contribution in [0.5, 0.6) is 5.75 Å². The van der Waals surface area contributed by atoms with E-state index in [1.54, 1.807) is 38.4 Å². The van der Waals surface area contributed by atoms with E-state index in [-0.39, 0.29) is 19.3 Å². The number of aliphatic hydroxyl groups is 1. The van der Waals surface area contributed by atoms with Crippen molar-refractivity contribution in [1.29, 1.82) is 5.26 Å². The summed E-state index contributed by atoms with van der Waals surface area (Å²) in [6.45, 7) is 3.80. The average Bonchev–Trinajstić information content (AvgIpc) is 3.33. The third-order valence-electron chi connectivity index (χ3n) is 5.86. The normalized spacial score (nSPS) is 11.9. The fourth-order valence-electron chi connectivity index (χ4n) is 3.94. The summed E-state index contributed by atoms with van der Waals surface area (Å²) in [5.74, 6) is -0.0235. The van der Waals surface area contributed by atoms with Crippen molar-refractivity contribution in [2.24, 2.45) is 0 Å². The second kappa shape index (κ2) is 13.0. The number of pyridine rings is 1. The van der Waals surface area contributed by atoms with Crippen LogP contribution >= 0.6 is 27.5 Å². The number of nitriles is 1. The van der Waals surface area contributed by atoms with Crippen LogP contribution in [0.15, 0.2) is 59.5 Å². The highest BCUT2D eigenvalue weighted by Gasteiger charge is 2.21. The molecule has 11 heteroatoms. The molecule has 4 rings (SSSR count). The van der Waals surface area contributed by atoms with Crippen molar-refractivity contribution in [3.05, 3.63) is 86.7 Å². The number of benzene rings is 2. The maximum Gasteiger partial charge on any atom is 0.325 e. The Labute approximate surface area is 239 Å². The highest BCUT2D eigenvalue weighted by molar-refractivity contribution is 9.10. The van der Waals surface area contributed by atoms with Crippen LogP contribution in [0.2, 0.25) is 5.02 Å². The van der Waals surface area contributed by atoms with E-state index >= 15 is 0 Å². The third-order valence-corrected chi connectivity index (χ3v) is 6.90. The van der Waals surface area contributed by atoms with Crippen LogP contribution in [0.1, 0.15) is 36.1 Å². The molecular formula is C28H27BrClN5O4. The van der Waals surface area contributed by atoms with E-state index in [1.807, 2.05) is 28.9 Å². The zero-order valence-corrected chi connectivity index (χ0v) is 23.7. The number of ether oxygens (including phenoxy) is 2. The summed E-state index contributed by atoms with van der Waals surface area (Å²) in [6, 6.07) is 12.4. The molecule has 39 heavy (non-hydrogen) atoms. The number of hydrogen-bond acceptors (Lipinski definition) is 8. The Morgan fingerprint density at radius 1 is 1.23 bits per heavy atom. The van der Waals surface area contributed by atoms with Crippen LogP contribution in [0, 0.1) is 11.3 Å². The topological polar surface area (TPSA) is 122 Å². The minimum atomic E-state index is -0.913. The van der Waals surface area contributed by atoms with E-state index in [1.165, 1.54) is 6.20 Å². The summed E-state index contributed by atoms with van der Waals surface area (Å²) < 4.78 is 14.2. The maximum absolute atomic E-state index is 12.3. The first-order valence-electron chi connectivity index (χ1n) is 12.2. The molecular weight excluding hydrogens is 586 g/mol. The molecule has 2 aromatic heterocycles. The number of fused-ring (bicyclic) bond motifs is 1. The van der Waals surface area contributed by atoms with Crippen molar-refractivity contribution < 1.29 is 19.4 Å². The number of aliphatic hydroxyl groups excluding tert-OH is 1. The number of rotatable bonds is 11. The largest absolute Gasteiger partial charge is 0.489 e. The molecule has 9 nitrogen and oxygen atoms in total. The molecule has 2 N–H and O–H groups in total. The summed E-state index contributed by atoms with van der Waals surface area (Å²) in [7, 11) is 0. The molecule has 0 saturated carbocycles. The summed E-state index contributed by atoms with van der Waals surface area (Å²) in [5.41, 5.74) is 3.56. The Balaban J connectivity index is 1.62. The van der Waals surface area contributed by atoms with E-state index in [0.717, 1.165) is 26.5 Å². The van der Waals surface area contributed by atoms with Gasteiger partial charge >= 0.3 is 5.97 Å². The summed E-state index contributed by atoms with van der Waals surface area (Å²) in [4.78, 5) is 16.4. The van der Waals surface area contributed by atoms with E-state index < -0.39 is 18.6 Å². The predicted molar refractivity (Wildman–Crippen MR) is 150 cm³/mol. The maximum atomic E-state index is 12.3. The van der Waals surface area contributed by atoms with Crippen molar-refractivity contribution >= 4 is 44.4 Å². The Bertz CT molecular complexity index is 1520. The van der Waals surface area contributed by atoms with Gasteiger partial charge in [0.25, 0.3) is 0 Å². The van der Waals surface area contributed by atoms with Gasteiger partial charge < -0.3 is 14.6 Å². The molecule has 0 saturated heterocycles. The molecule has 0 aliphatic carbocycles. The molecule has 0 aliphatic heterocycles. The van der Waals surface area contributed by atoms with Crippen LogP contribution in [-0.2, 0) is 29.2 Å². The molecule has 202 valence electrons. The van der Waals surface area contributed by atoms with Gasteiger partial charge in [0.15, 0.2) is 0 Å². The quantitative estimate of drug-likeness (QED) is 0.233. The fraction of sp³-hybridized carbons (Fsp3) is 0.286. The van der Waals surface area contributed by atoms with Crippen molar-refractivity contribution in [2.45, 2.75) is 45.7 Å². The van der Waals surface area contributed by atoms with Crippen LogP contribution < -0.4 is 10.1 Å². The van der Waals surface area contributed by atoms with Gasteiger partial charge in [0.2, 0.25) is 0 Å². The lowest BCUT2D eigenvalue weighted by molar-refractivity contribution is -0.151. The first kappa shape index (κ1) is 28.5. The first-order chi connectivity index (χ1) is 18.8. The van der Waals surface area contributed by atoms with Crippen LogP contribution in [0.4, 0.5) is 0 Å². The van der Waals surface area contributed by atoms with Gasteiger partial charge in [0, 0.05) is 44.9 Å². The Morgan fingerprint density at radius 3 is 2.79 bits per heavy atom. The highest BCUT2D eigenvalue weighted by atomic mass is 79.9. The predicted octanol–water partition coefficient (Wildman–Crippen LogP) is 4.75. The number of nitrogens with zero attached hydrogens (tertiary/aromatic N) is 4. The number of nitrogens with one attached hydrogen (secondary N) is 1. The molecule has 0 bridgehead atoms. The van der Waals surface area contributed by atoms with Gasteiger partial charge in [-0.3, -0.25) is 19.8 Å². The molecule has 0 spiro atoms. The first-order valence-corrected chi connectivity index (χ1v) is 13.4. The molecule has 2 heterocycles. The molecule has 0 aliphatic rings. The van der Waals surface area contributed by atoms with E-state index in [0.29, 0.717) is 28.4 Å². The third kappa shape index (κ3) is 7.13. The van der Waals surface area contributed by atoms with Crippen molar-refractivity contribution in [3.63, 3.8) is 0 Å². The Hall–Kier alpha value is -3.49. The molecule has 0 amide bonds. The number of esters is 1. The van der Waals surface area contributed by atoms with Gasteiger partial charge in [-0.15, -0.1) is 0 Å². The van der Waals surface area contributed by atoms with Crippen molar-refractivity contribution in [1.82, 2.24) is 20.1 Å².